The SMILES string of the molecule is C=CCN(C)Cc1c(CC)nc2n(/C(C)=C(/C)CC)c3ncccc3n12. The summed E-state index contributed by atoms with van der Waals surface area (Å²) in [5, 5.41) is 0. The Morgan fingerprint density at radius 2 is 2.08 bits per heavy atom. The van der Waals surface area contributed by atoms with Crippen LogP contribution in [0.4, 0.5) is 0 Å². The molecule has 0 atom stereocenters. The maximum absolute atomic E-state index is 5.02. The quantitative estimate of drug-likeness (QED) is 0.587. The van der Waals surface area contributed by atoms with Gasteiger partial charge in [0.25, 0.3) is 0 Å². The van der Waals surface area contributed by atoms with Gasteiger partial charge < -0.3 is 0 Å². The highest BCUT2D eigenvalue weighted by atomic mass is 15.3. The lowest BCUT2D eigenvalue weighted by Crippen LogP contribution is -2.19. The van der Waals surface area contributed by atoms with Gasteiger partial charge in [-0.25, -0.2) is 9.97 Å². The van der Waals surface area contributed by atoms with Gasteiger partial charge in [-0.1, -0.05) is 25.5 Å². The summed E-state index contributed by atoms with van der Waals surface area (Å²) in [5.74, 6) is 0.961. The number of hydrogen-bond acceptors (Lipinski definition) is 3. The molecule has 0 aliphatic rings. The molecule has 0 aliphatic carbocycles. The Bertz CT molecular complexity index is 973. The summed E-state index contributed by atoms with van der Waals surface area (Å²) in [6.45, 7) is 14.2. The van der Waals surface area contributed by atoms with Gasteiger partial charge in [-0.3, -0.25) is 13.9 Å². The molecule has 0 aliphatic heterocycles. The normalized spacial score (nSPS) is 13.0. The van der Waals surface area contributed by atoms with Crippen molar-refractivity contribution >= 4 is 22.6 Å². The van der Waals surface area contributed by atoms with Gasteiger partial charge in [0, 0.05) is 25.0 Å². The number of fused-ring (bicyclic) bond motifs is 3. The van der Waals surface area contributed by atoms with E-state index < -0.39 is 0 Å². The molecule has 0 radical (unpaired) electrons. The first kappa shape index (κ1) is 18.4. The number of likely N-dealkylation sites (N-methyl/N-ethyl adjacent to an activating group) is 1. The van der Waals surface area contributed by atoms with Gasteiger partial charge in [0.2, 0.25) is 5.78 Å². The van der Waals surface area contributed by atoms with E-state index in [9.17, 15) is 0 Å². The molecule has 0 aromatic carbocycles. The van der Waals surface area contributed by atoms with Crippen LogP contribution in [0.3, 0.4) is 0 Å². The van der Waals surface area contributed by atoms with Gasteiger partial charge in [0.15, 0.2) is 5.65 Å². The number of aromatic nitrogens is 4. The largest absolute Gasteiger partial charge is 0.297 e. The maximum Gasteiger partial charge on any atom is 0.221 e. The van der Waals surface area contributed by atoms with E-state index in [0.717, 1.165) is 48.6 Å². The monoisotopic (exact) mass is 351 g/mol. The van der Waals surface area contributed by atoms with E-state index in [-0.39, 0.29) is 0 Å². The van der Waals surface area contributed by atoms with Crippen LogP contribution >= 0.6 is 0 Å². The molecule has 0 fully saturated rings. The van der Waals surface area contributed by atoms with Crippen molar-refractivity contribution in [3.63, 3.8) is 0 Å². The number of allylic oxidation sites excluding steroid dienone is 2. The number of rotatable bonds is 7. The Labute approximate surface area is 155 Å². The Kier molecular flexibility index (Phi) is 5.28. The van der Waals surface area contributed by atoms with E-state index in [1.54, 1.807) is 0 Å². The second kappa shape index (κ2) is 7.46. The molecular weight excluding hydrogens is 322 g/mol. The minimum Gasteiger partial charge on any atom is -0.297 e. The van der Waals surface area contributed by atoms with Crippen LogP contribution < -0.4 is 0 Å². The van der Waals surface area contributed by atoms with Crippen LogP contribution in [0.5, 0.6) is 0 Å². The average Bonchev–Trinajstić information content (AvgIpc) is 3.15. The molecule has 0 N–H and O–H groups in total. The lowest BCUT2D eigenvalue weighted by molar-refractivity contribution is 0.357. The molecule has 5 nitrogen and oxygen atoms in total. The van der Waals surface area contributed by atoms with E-state index in [4.69, 9.17) is 4.98 Å². The highest BCUT2D eigenvalue weighted by molar-refractivity contribution is 5.83. The molecule has 138 valence electrons. The van der Waals surface area contributed by atoms with E-state index in [2.05, 4.69) is 66.2 Å². The van der Waals surface area contributed by atoms with Crippen LogP contribution in [0.15, 0.2) is 36.6 Å². The summed E-state index contributed by atoms with van der Waals surface area (Å²) < 4.78 is 4.50. The summed E-state index contributed by atoms with van der Waals surface area (Å²) in [7, 11) is 2.12. The van der Waals surface area contributed by atoms with Crippen LogP contribution in [0.2, 0.25) is 0 Å². The summed E-state index contributed by atoms with van der Waals surface area (Å²) in [5.41, 5.74) is 7.03. The van der Waals surface area contributed by atoms with Crippen LogP contribution in [0.1, 0.15) is 45.5 Å². The fourth-order valence-electron chi connectivity index (χ4n) is 3.46. The number of aryl methyl sites for hydroxylation is 1. The maximum atomic E-state index is 5.02. The second-order valence-electron chi connectivity index (χ2n) is 6.88. The third kappa shape index (κ3) is 2.97. The van der Waals surface area contributed by atoms with E-state index >= 15 is 0 Å². The molecule has 26 heavy (non-hydrogen) atoms. The van der Waals surface area contributed by atoms with Crippen molar-refractivity contribution in [2.45, 2.75) is 47.1 Å². The first-order valence-electron chi connectivity index (χ1n) is 9.35. The van der Waals surface area contributed by atoms with Gasteiger partial charge in [0.1, 0.15) is 0 Å². The van der Waals surface area contributed by atoms with E-state index in [1.165, 1.54) is 17.0 Å². The zero-order chi connectivity index (χ0) is 18.8. The fourth-order valence-corrected chi connectivity index (χ4v) is 3.46. The molecule has 0 spiro atoms. The summed E-state index contributed by atoms with van der Waals surface area (Å²) in [4.78, 5) is 12.0. The molecule has 0 saturated carbocycles. The molecule has 3 aromatic heterocycles. The first-order chi connectivity index (χ1) is 12.5. The molecule has 0 saturated heterocycles. The van der Waals surface area contributed by atoms with Gasteiger partial charge >= 0.3 is 0 Å². The van der Waals surface area contributed by atoms with Crippen molar-refractivity contribution in [2.75, 3.05) is 13.6 Å². The first-order valence-corrected chi connectivity index (χ1v) is 9.35. The molecule has 3 aromatic rings. The average molecular weight is 351 g/mol. The van der Waals surface area contributed by atoms with Gasteiger partial charge in [-0.05, 0) is 45.9 Å². The Balaban J connectivity index is 2.35. The lowest BCUT2D eigenvalue weighted by atomic mass is 10.2. The minimum absolute atomic E-state index is 0.833. The van der Waals surface area contributed by atoms with E-state index in [1.807, 2.05) is 18.3 Å². The number of nitrogens with zero attached hydrogens (tertiary/aromatic N) is 5. The third-order valence-electron chi connectivity index (χ3n) is 5.14. The van der Waals surface area contributed by atoms with Crippen molar-refractivity contribution in [3.05, 3.63) is 47.9 Å². The van der Waals surface area contributed by atoms with Crippen molar-refractivity contribution in [2.24, 2.45) is 0 Å². The van der Waals surface area contributed by atoms with Gasteiger partial charge in [0.05, 0.1) is 16.9 Å². The van der Waals surface area contributed by atoms with Crippen LogP contribution in [0, 0.1) is 0 Å². The highest BCUT2D eigenvalue weighted by Gasteiger charge is 2.21. The summed E-state index contributed by atoms with van der Waals surface area (Å²) in [6, 6.07) is 4.14. The summed E-state index contributed by atoms with van der Waals surface area (Å²) in [6.07, 6.45) is 5.72. The van der Waals surface area contributed by atoms with E-state index in [0.29, 0.717) is 0 Å². The smallest absolute Gasteiger partial charge is 0.221 e. The summed E-state index contributed by atoms with van der Waals surface area (Å²) >= 11 is 0. The molecule has 0 bridgehead atoms. The molecule has 0 unspecified atom stereocenters. The number of hydrogen-bond donors (Lipinski definition) is 0. The molecule has 0 amide bonds. The Morgan fingerprint density at radius 3 is 2.73 bits per heavy atom. The van der Waals surface area contributed by atoms with Crippen LogP contribution in [-0.4, -0.2) is 37.4 Å². The Morgan fingerprint density at radius 1 is 1.31 bits per heavy atom. The molecular formula is C21H29N5. The molecule has 3 rings (SSSR count). The van der Waals surface area contributed by atoms with Crippen LogP contribution in [0.25, 0.3) is 22.6 Å². The van der Waals surface area contributed by atoms with Crippen LogP contribution in [-0.2, 0) is 13.0 Å². The lowest BCUT2D eigenvalue weighted by Gasteiger charge is -2.14. The van der Waals surface area contributed by atoms with Crippen molar-refractivity contribution in [1.29, 1.82) is 0 Å². The molecule has 5 heteroatoms. The van der Waals surface area contributed by atoms with Gasteiger partial charge in [-0.15, -0.1) is 6.58 Å². The fraction of sp³-hybridized carbons (Fsp3) is 0.429. The zero-order valence-corrected chi connectivity index (χ0v) is 16.6. The predicted octanol–water partition coefficient (Wildman–Crippen LogP) is 4.53. The van der Waals surface area contributed by atoms with Crippen molar-refractivity contribution < 1.29 is 0 Å². The number of imidazole rings is 2. The third-order valence-corrected chi connectivity index (χ3v) is 5.14. The Hall–Kier alpha value is -2.40. The minimum atomic E-state index is 0.833. The highest BCUT2D eigenvalue weighted by Crippen LogP contribution is 2.28. The topological polar surface area (TPSA) is 38.4 Å². The van der Waals surface area contributed by atoms with Crippen molar-refractivity contribution in [1.82, 2.24) is 23.8 Å². The van der Waals surface area contributed by atoms with Crippen molar-refractivity contribution in [3.8, 4) is 0 Å². The second-order valence-corrected chi connectivity index (χ2v) is 6.88. The number of pyridine rings is 1. The molecule has 3 heterocycles. The van der Waals surface area contributed by atoms with Gasteiger partial charge in [-0.2, -0.15) is 0 Å². The zero-order valence-electron chi connectivity index (χ0n) is 16.6. The standard InChI is InChI=1S/C21H29N5/c1-7-13-24(6)14-19-17(9-3)23-21-25(16(5)15(4)8-2)20-18(26(19)21)11-10-12-22-20/h7,10-12H,1,8-9,13-14H2,2-6H3/b16-15-. The predicted molar refractivity (Wildman–Crippen MR) is 109 cm³/mol.